The van der Waals surface area contributed by atoms with Crippen LogP contribution in [0.15, 0.2) is 0 Å². The van der Waals surface area contributed by atoms with Gasteiger partial charge in [0.2, 0.25) is 5.91 Å². The highest BCUT2D eigenvalue weighted by Gasteiger charge is 2.30. The first-order valence-electron chi connectivity index (χ1n) is 5.89. The molecule has 0 unspecified atom stereocenters. The van der Waals surface area contributed by atoms with Gasteiger partial charge in [0.15, 0.2) is 0 Å². The first kappa shape index (κ1) is 13.4. The van der Waals surface area contributed by atoms with Gasteiger partial charge >= 0.3 is 0 Å². The minimum absolute atomic E-state index is 0.183. The zero-order chi connectivity index (χ0) is 12.0. The molecule has 0 atom stereocenters. The molecule has 1 fully saturated rings. The lowest BCUT2D eigenvalue weighted by Gasteiger charge is -2.33. The first-order chi connectivity index (χ1) is 7.59. The fraction of sp³-hybridized carbons (Fsp3) is 0.909. The molecule has 1 aliphatic carbocycles. The van der Waals surface area contributed by atoms with Gasteiger partial charge in [0.1, 0.15) is 0 Å². The van der Waals surface area contributed by atoms with E-state index in [9.17, 15) is 4.79 Å². The topological polar surface area (TPSA) is 95.6 Å². The Labute approximate surface area is 96.0 Å². The summed E-state index contributed by atoms with van der Waals surface area (Å²) < 4.78 is 0. The molecule has 1 saturated carbocycles. The fourth-order valence-corrected chi connectivity index (χ4v) is 2.18. The summed E-state index contributed by atoms with van der Waals surface area (Å²) in [4.78, 5) is 11.6. The zero-order valence-corrected chi connectivity index (χ0v) is 9.61. The summed E-state index contributed by atoms with van der Waals surface area (Å²) in [6.45, 7) is -0.500. The van der Waals surface area contributed by atoms with Crippen molar-refractivity contribution in [3.63, 3.8) is 0 Å². The van der Waals surface area contributed by atoms with Crippen LogP contribution < -0.4 is 11.1 Å². The van der Waals surface area contributed by atoms with Gasteiger partial charge in [0.25, 0.3) is 0 Å². The van der Waals surface area contributed by atoms with E-state index in [0.717, 1.165) is 25.7 Å². The highest BCUT2D eigenvalue weighted by Crippen LogP contribution is 2.28. The van der Waals surface area contributed by atoms with Gasteiger partial charge in [-0.15, -0.1) is 0 Å². The second-order valence-corrected chi connectivity index (χ2v) is 4.73. The lowest BCUT2D eigenvalue weighted by Crippen LogP contribution is -2.49. The Morgan fingerprint density at radius 2 is 1.81 bits per heavy atom. The van der Waals surface area contributed by atoms with E-state index < -0.39 is 11.6 Å². The molecule has 0 aromatic heterocycles. The van der Waals surface area contributed by atoms with Crippen LogP contribution in [0.4, 0.5) is 0 Å². The number of aliphatic hydroxyl groups excluding tert-OH is 2. The van der Waals surface area contributed by atoms with Gasteiger partial charge in [0, 0.05) is 12.0 Å². The predicted octanol–water partition coefficient (Wildman–Crippen LogP) is -0.493. The van der Waals surface area contributed by atoms with Crippen LogP contribution in [-0.4, -0.2) is 40.9 Å². The Morgan fingerprint density at radius 1 is 1.25 bits per heavy atom. The van der Waals surface area contributed by atoms with Crippen molar-refractivity contribution in [3.05, 3.63) is 0 Å². The summed E-state index contributed by atoms with van der Waals surface area (Å²) in [7, 11) is 0. The zero-order valence-electron chi connectivity index (χ0n) is 9.61. The smallest absolute Gasteiger partial charge is 0.222 e. The monoisotopic (exact) mass is 230 g/mol. The molecule has 0 saturated heterocycles. The van der Waals surface area contributed by atoms with E-state index in [4.69, 9.17) is 15.9 Å². The van der Waals surface area contributed by atoms with Crippen LogP contribution in [0, 0.1) is 0 Å². The maximum Gasteiger partial charge on any atom is 0.222 e. The highest BCUT2D eigenvalue weighted by molar-refractivity contribution is 5.77. The highest BCUT2D eigenvalue weighted by atomic mass is 16.3. The van der Waals surface area contributed by atoms with E-state index in [1.54, 1.807) is 0 Å². The lowest BCUT2D eigenvalue weighted by atomic mass is 9.80. The molecule has 1 amide bonds. The SMILES string of the molecule is NC1(CC(=O)NC(CO)CO)CCCCC1. The van der Waals surface area contributed by atoms with Gasteiger partial charge < -0.3 is 21.3 Å². The average Bonchev–Trinajstić information content (AvgIpc) is 2.26. The van der Waals surface area contributed by atoms with E-state index in [1.165, 1.54) is 6.42 Å². The third kappa shape index (κ3) is 4.08. The number of rotatable bonds is 5. The number of hydrogen-bond donors (Lipinski definition) is 4. The predicted molar refractivity (Wildman–Crippen MR) is 60.7 cm³/mol. The molecule has 94 valence electrons. The molecule has 0 radical (unpaired) electrons. The second kappa shape index (κ2) is 6.18. The molecular formula is C11H22N2O3. The molecule has 5 nitrogen and oxygen atoms in total. The molecule has 0 aliphatic heterocycles. The lowest BCUT2D eigenvalue weighted by molar-refractivity contribution is -0.123. The Balaban J connectivity index is 2.37. The van der Waals surface area contributed by atoms with Crippen molar-refractivity contribution >= 4 is 5.91 Å². The van der Waals surface area contributed by atoms with Gasteiger partial charge in [-0.05, 0) is 12.8 Å². The van der Waals surface area contributed by atoms with Crippen molar-refractivity contribution in [1.29, 1.82) is 0 Å². The van der Waals surface area contributed by atoms with Gasteiger partial charge in [-0.3, -0.25) is 4.79 Å². The minimum Gasteiger partial charge on any atom is -0.394 e. The number of nitrogens with one attached hydrogen (secondary N) is 1. The number of nitrogens with two attached hydrogens (primary N) is 1. The summed E-state index contributed by atoms with van der Waals surface area (Å²) in [5.41, 5.74) is 5.74. The maximum atomic E-state index is 11.6. The van der Waals surface area contributed by atoms with E-state index in [-0.39, 0.29) is 25.5 Å². The molecule has 5 N–H and O–H groups in total. The molecule has 1 rings (SSSR count). The summed E-state index contributed by atoms with van der Waals surface area (Å²) in [5, 5.41) is 20.2. The Kier molecular flexibility index (Phi) is 5.18. The van der Waals surface area contributed by atoms with E-state index in [2.05, 4.69) is 5.32 Å². The van der Waals surface area contributed by atoms with Gasteiger partial charge in [-0.2, -0.15) is 0 Å². The molecule has 1 aliphatic rings. The quantitative estimate of drug-likeness (QED) is 0.512. The van der Waals surface area contributed by atoms with Crippen LogP contribution in [0.25, 0.3) is 0 Å². The summed E-state index contributed by atoms with van der Waals surface area (Å²) in [6, 6.07) is -0.570. The average molecular weight is 230 g/mol. The number of hydrogen-bond acceptors (Lipinski definition) is 4. The van der Waals surface area contributed by atoms with Crippen molar-refractivity contribution in [2.75, 3.05) is 13.2 Å². The van der Waals surface area contributed by atoms with E-state index >= 15 is 0 Å². The van der Waals surface area contributed by atoms with Crippen molar-refractivity contribution in [3.8, 4) is 0 Å². The number of carbonyl (C=O) groups excluding carboxylic acids is 1. The summed E-state index contributed by atoms with van der Waals surface area (Å²) in [5.74, 6) is -0.183. The Morgan fingerprint density at radius 3 is 2.31 bits per heavy atom. The summed E-state index contributed by atoms with van der Waals surface area (Å²) >= 11 is 0. The molecule has 16 heavy (non-hydrogen) atoms. The van der Waals surface area contributed by atoms with Crippen molar-refractivity contribution in [2.45, 2.75) is 50.1 Å². The summed E-state index contributed by atoms with van der Waals surface area (Å²) in [6.07, 6.45) is 5.38. The van der Waals surface area contributed by atoms with Crippen LogP contribution in [0.1, 0.15) is 38.5 Å². The van der Waals surface area contributed by atoms with Crippen LogP contribution in [0.3, 0.4) is 0 Å². The van der Waals surface area contributed by atoms with Crippen LogP contribution >= 0.6 is 0 Å². The van der Waals surface area contributed by atoms with Gasteiger partial charge in [-0.25, -0.2) is 0 Å². The molecule has 0 aromatic rings. The van der Waals surface area contributed by atoms with Crippen molar-refractivity contribution < 1.29 is 15.0 Å². The molecule has 0 spiro atoms. The molecule has 0 heterocycles. The standard InChI is InChI=1S/C11H22N2O3/c12-11(4-2-1-3-5-11)6-10(16)13-9(7-14)8-15/h9,14-15H,1-8,12H2,(H,13,16). The Hall–Kier alpha value is -0.650. The van der Waals surface area contributed by atoms with Crippen LogP contribution in [-0.2, 0) is 4.79 Å². The van der Waals surface area contributed by atoms with Crippen molar-refractivity contribution in [2.24, 2.45) is 5.73 Å². The third-order valence-electron chi connectivity index (χ3n) is 3.17. The minimum atomic E-state index is -0.570. The van der Waals surface area contributed by atoms with Crippen LogP contribution in [0.5, 0.6) is 0 Å². The van der Waals surface area contributed by atoms with Crippen molar-refractivity contribution in [1.82, 2.24) is 5.32 Å². The molecule has 0 bridgehead atoms. The molecule has 5 heteroatoms. The fourth-order valence-electron chi connectivity index (χ4n) is 2.18. The largest absolute Gasteiger partial charge is 0.394 e. The first-order valence-corrected chi connectivity index (χ1v) is 5.89. The van der Waals surface area contributed by atoms with Gasteiger partial charge in [-0.1, -0.05) is 19.3 Å². The molecular weight excluding hydrogens is 208 g/mol. The van der Waals surface area contributed by atoms with Crippen LogP contribution in [0.2, 0.25) is 0 Å². The second-order valence-electron chi connectivity index (χ2n) is 4.73. The third-order valence-corrected chi connectivity index (χ3v) is 3.17. The Bertz CT molecular complexity index is 223. The normalized spacial score (nSPS) is 19.8. The number of carbonyl (C=O) groups is 1. The number of aliphatic hydroxyl groups is 2. The number of amides is 1. The van der Waals surface area contributed by atoms with Gasteiger partial charge in [0.05, 0.1) is 19.3 Å². The van der Waals surface area contributed by atoms with E-state index in [0.29, 0.717) is 0 Å². The van der Waals surface area contributed by atoms with E-state index in [1.807, 2.05) is 0 Å². The maximum absolute atomic E-state index is 11.6. The molecule has 0 aromatic carbocycles.